The van der Waals surface area contributed by atoms with Crippen LogP contribution in [0.25, 0.3) is 10.4 Å². The summed E-state index contributed by atoms with van der Waals surface area (Å²) in [5.74, 6) is -0.179. The van der Waals surface area contributed by atoms with Gasteiger partial charge in [0.25, 0.3) is 5.91 Å². The molecule has 132 valence electrons. The molecule has 0 saturated carbocycles. The van der Waals surface area contributed by atoms with Gasteiger partial charge in [-0.1, -0.05) is 23.4 Å². The van der Waals surface area contributed by atoms with E-state index in [1.54, 1.807) is 11.1 Å². The maximum absolute atomic E-state index is 12.8. The molecule has 25 heavy (non-hydrogen) atoms. The quantitative estimate of drug-likeness (QED) is 0.852. The van der Waals surface area contributed by atoms with Crippen LogP contribution < -0.4 is 0 Å². The molecular formula is C18H21N3O3S. The van der Waals surface area contributed by atoms with Gasteiger partial charge >= 0.3 is 0 Å². The fourth-order valence-electron chi connectivity index (χ4n) is 3.01. The van der Waals surface area contributed by atoms with E-state index in [0.29, 0.717) is 18.0 Å². The molecule has 0 radical (unpaired) electrons. The second kappa shape index (κ2) is 7.33. The molecular weight excluding hydrogens is 338 g/mol. The van der Waals surface area contributed by atoms with Crippen LogP contribution in [0.3, 0.4) is 0 Å². The van der Waals surface area contributed by atoms with Crippen molar-refractivity contribution in [1.29, 1.82) is 0 Å². The molecule has 1 aliphatic heterocycles. The first kappa shape index (κ1) is 17.6. The lowest BCUT2D eigenvalue weighted by atomic mass is 10.0. The number of nitrogens with zero attached hydrogens (tertiary/aromatic N) is 3. The summed E-state index contributed by atoms with van der Waals surface area (Å²) < 4.78 is 0. The third-order valence-electron chi connectivity index (χ3n) is 4.52. The highest BCUT2D eigenvalue weighted by atomic mass is 32.1. The van der Waals surface area contributed by atoms with Crippen LogP contribution in [-0.4, -0.2) is 52.9 Å². The molecule has 7 heteroatoms. The van der Waals surface area contributed by atoms with Crippen molar-refractivity contribution in [2.45, 2.75) is 26.3 Å². The monoisotopic (exact) mass is 359 g/mol. The Kier molecular flexibility index (Phi) is 5.15. The molecule has 1 N–H and O–H groups in total. The summed E-state index contributed by atoms with van der Waals surface area (Å²) >= 11 is 1.38. The van der Waals surface area contributed by atoms with Crippen LogP contribution in [-0.2, 0) is 4.84 Å². The number of carbonyl (C=O) groups is 1. The Hall–Kier alpha value is -2.25. The van der Waals surface area contributed by atoms with Gasteiger partial charge in [0.15, 0.2) is 5.01 Å². The van der Waals surface area contributed by atoms with E-state index < -0.39 is 0 Å². The molecule has 2 aromatic rings. The summed E-state index contributed by atoms with van der Waals surface area (Å²) in [5.41, 5.74) is 4.24. The molecule has 1 unspecified atom stereocenters. The number of aryl methyl sites for hydroxylation is 1. The smallest absolute Gasteiger partial charge is 0.283 e. The van der Waals surface area contributed by atoms with Crippen LogP contribution in [0, 0.1) is 13.8 Å². The number of carbonyl (C=O) groups excluding carboxylic acids is 1. The molecule has 1 saturated heterocycles. The molecule has 0 spiro atoms. The Bertz CT molecular complexity index is 816. The number of likely N-dealkylation sites (tertiary alicyclic amines) is 1. The number of hydrogen-bond acceptors (Lipinski definition) is 6. The highest BCUT2D eigenvalue weighted by Gasteiger charge is 2.34. The molecule has 3 rings (SSSR count). The summed E-state index contributed by atoms with van der Waals surface area (Å²) in [5, 5.41) is 13.9. The lowest BCUT2D eigenvalue weighted by molar-refractivity contribution is 0.0680. The maximum atomic E-state index is 12.8. The number of oxime groups is 1. The Morgan fingerprint density at radius 1 is 1.48 bits per heavy atom. The average Bonchev–Trinajstić information content (AvgIpc) is 3.24. The van der Waals surface area contributed by atoms with Crippen molar-refractivity contribution in [1.82, 2.24) is 9.88 Å². The second-order valence-corrected chi connectivity index (χ2v) is 7.12. The zero-order chi connectivity index (χ0) is 18.0. The first-order valence-corrected chi connectivity index (χ1v) is 8.90. The number of aromatic nitrogens is 1. The highest BCUT2D eigenvalue weighted by molar-refractivity contribution is 7.17. The van der Waals surface area contributed by atoms with Crippen LogP contribution in [0.4, 0.5) is 0 Å². The van der Waals surface area contributed by atoms with Gasteiger partial charge in [-0.3, -0.25) is 4.79 Å². The van der Waals surface area contributed by atoms with Crippen LogP contribution in [0.1, 0.15) is 27.3 Å². The van der Waals surface area contributed by atoms with E-state index >= 15 is 0 Å². The van der Waals surface area contributed by atoms with Crippen molar-refractivity contribution in [3.05, 3.63) is 40.5 Å². The first-order valence-electron chi connectivity index (χ1n) is 8.08. The summed E-state index contributed by atoms with van der Waals surface area (Å²) in [6.45, 7) is 4.39. The number of aliphatic hydroxyl groups is 1. The zero-order valence-corrected chi connectivity index (χ0v) is 15.3. The fourth-order valence-corrected chi connectivity index (χ4v) is 3.96. The van der Waals surface area contributed by atoms with Crippen LogP contribution in [0.2, 0.25) is 0 Å². The van der Waals surface area contributed by atoms with Crippen LogP contribution >= 0.6 is 11.3 Å². The lowest BCUT2D eigenvalue weighted by Gasteiger charge is -2.20. The van der Waals surface area contributed by atoms with Gasteiger partial charge in [0.05, 0.1) is 29.8 Å². The van der Waals surface area contributed by atoms with Gasteiger partial charge in [-0.05, 0) is 30.5 Å². The number of thiazole rings is 1. The highest BCUT2D eigenvalue weighted by Crippen LogP contribution is 2.31. The number of benzene rings is 1. The van der Waals surface area contributed by atoms with Gasteiger partial charge in [-0.25, -0.2) is 4.98 Å². The predicted molar refractivity (Wildman–Crippen MR) is 98.0 cm³/mol. The number of aliphatic hydroxyl groups excluding tert-OH is 1. The van der Waals surface area contributed by atoms with Crippen molar-refractivity contribution in [2.24, 2.45) is 5.16 Å². The Labute approximate surface area is 150 Å². The molecule has 6 nitrogen and oxygen atoms in total. The van der Waals surface area contributed by atoms with E-state index in [9.17, 15) is 9.90 Å². The molecule has 1 fully saturated rings. The van der Waals surface area contributed by atoms with E-state index in [1.165, 1.54) is 29.6 Å². The first-order chi connectivity index (χ1) is 12.0. The molecule has 0 bridgehead atoms. The summed E-state index contributed by atoms with van der Waals surface area (Å²) in [6, 6.07) is 5.84. The minimum atomic E-state index is -0.283. The van der Waals surface area contributed by atoms with Crippen LogP contribution in [0.15, 0.2) is 29.6 Å². The predicted octanol–water partition coefficient (Wildman–Crippen LogP) is 2.64. The molecule has 1 amide bonds. The van der Waals surface area contributed by atoms with Crippen molar-refractivity contribution < 1.29 is 14.7 Å². The lowest BCUT2D eigenvalue weighted by Crippen LogP contribution is -2.37. The van der Waals surface area contributed by atoms with E-state index in [1.807, 2.05) is 12.1 Å². The number of hydrogen-bond donors (Lipinski definition) is 1. The van der Waals surface area contributed by atoms with Crippen molar-refractivity contribution >= 4 is 23.0 Å². The average molecular weight is 359 g/mol. The topological polar surface area (TPSA) is 75.0 Å². The molecule has 0 aliphatic carbocycles. The van der Waals surface area contributed by atoms with Gasteiger partial charge in [-0.15, -0.1) is 11.3 Å². The molecule has 1 aliphatic rings. The Morgan fingerprint density at radius 3 is 3.00 bits per heavy atom. The molecule has 1 atom stereocenters. The zero-order valence-electron chi connectivity index (χ0n) is 14.5. The van der Waals surface area contributed by atoms with Crippen molar-refractivity contribution in [3.8, 4) is 10.4 Å². The normalized spacial score (nSPS) is 18.8. The second-order valence-electron chi connectivity index (χ2n) is 6.09. The molecule has 2 heterocycles. The van der Waals surface area contributed by atoms with Gasteiger partial charge in [0.2, 0.25) is 0 Å². The van der Waals surface area contributed by atoms with Gasteiger partial charge in [-0.2, -0.15) is 0 Å². The Balaban J connectivity index is 1.86. The number of rotatable bonds is 4. The maximum Gasteiger partial charge on any atom is 0.283 e. The van der Waals surface area contributed by atoms with Crippen molar-refractivity contribution in [3.63, 3.8) is 0 Å². The van der Waals surface area contributed by atoms with Gasteiger partial charge in [0.1, 0.15) is 7.11 Å². The van der Waals surface area contributed by atoms with Crippen LogP contribution in [0.5, 0.6) is 0 Å². The van der Waals surface area contributed by atoms with Crippen molar-refractivity contribution in [2.75, 3.05) is 20.3 Å². The SMILES string of the molecule is CO/N=C1\CC(CO)N(C(=O)c2ncc(-c3cccc(C)c3C)s2)C1. The third kappa shape index (κ3) is 3.43. The summed E-state index contributed by atoms with van der Waals surface area (Å²) in [6.07, 6.45) is 2.26. The minimum Gasteiger partial charge on any atom is -0.399 e. The number of amides is 1. The van der Waals surface area contributed by atoms with Gasteiger partial charge in [0, 0.05) is 12.6 Å². The molecule has 1 aromatic heterocycles. The van der Waals surface area contributed by atoms with E-state index in [4.69, 9.17) is 4.84 Å². The van der Waals surface area contributed by atoms with E-state index in [2.05, 4.69) is 30.1 Å². The summed E-state index contributed by atoms with van der Waals surface area (Å²) in [4.78, 5) is 24.5. The summed E-state index contributed by atoms with van der Waals surface area (Å²) in [7, 11) is 1.47. The van der Waals surface area contributed by atoms with E-state index in [-0.39, 0.29) is 18.6 Å². The minimum absolute atomic E-state index is 0.107. The fraction of sp³-hybridized carbons (Fsp3) is 0.389. The van der Waals surface area contributed by atoms with Gasteiger partial charge < -0.3 is 14.8 Å². The standard InChI is InChI=1S/C18H21N3O3S/c1-11-5-4-6-15(12(11)2)16-8-19-17(25-16)18(23)21-9-13(20-24-3)7-14(21)10-22/h4-6,8,14,22H,7,9-10H2,1-3H3/b20-13+. The third-order valence-corrected chi connectivity index (χ3v) is 5.53. The largest absolute Gasteiger partial charge is 0.399 e. The molecule has 1 aromatic carbocycles. The van der Waals surface area contributed by atoms with E-state index in [0.717, 1.165) is 16.2 Å². The Morgan fingerprint density at radius 2 is 2.28 bits per heavy atom.